The Hall–Kier alpha value is -1.92. The van der Waals surface area contributed by atoms with Crippen molar-refractivity contribution < 1.29 is 9.59 Å². The van der Waals surface area contributed by atoms with Crippen molar-refractivity contribution in [1.82, 2.24) is 14.7 Å². The summed E-state index contributed by atoms with van der Waals surface area (Å²) in [5.74, 6) is 0.0504. The van der Waals surface area contributed by atoms with Gasteiger partial charge in [-0.2, -0.15) is 0 Å². The maximum absolute atomic E-state index is 12.5. The Morgan fingerprint density at radius 3 is 2.21 bits per heavy atom. The number of carbonyl (C=O) groups excluding carboxylic acids is 2. The average Bonchev–Trinajstić information content (AvgIpc) is 2.74. The molecule has 0 bridgehead atoms. The monoisotopic (exact) mass is 400 g/mol. The number of likely N-dealkylation sites (tertiary alicyclic amines) is 2. The molecule has 0 spiro atoms. The number of piperidine rings is 2. The van der Waals surface area contributed by atoms with Gasteiger partial charge in [-0.05, 0) is 63.0 Å². The zero-order valence-electron chi connectivity index (χ0n) is 17.8. The molecule has 3 rings (SSSR count). The number of carbonyl (C=O) groups is 2. The van der Waals surface area contributed by atoms with Crippen molar-refractivity contribution in [2.75, 3.05) is 46.3 Å². The van der Waals surface area contributed by atoms with Gasteiger partial charge in [-0.15, -0.1) is 0 Å². The molecule has 2 amide bonds. The lowest BCUT2D eigenvalue weighted by Gasteiger charge is -2.30. The molecule has 6 heteroatoms. The highest BCUT2D eigenvalue weighted by molar-refractivity contribution is 5.78. The third-order valence-electron chi connectivity index (χ3n) is 6.40. The first-order valence-corrected chi connectivity index (χ1v) is 11.1. The largest absolute Gasteiger partial charge is 0.369 e. The van der Waals surface area contributed by atoms with E-state index in [0.717, 1.165) is 51.1 Å². The van der Waals surface area contributed by atoms with Gasteiger partial charge in [0, 0.05) is 32.6 Å². The van der Waals surface area contributed by atoms with Crippen molar-refractivity contribution in [3.8, 4) is 0 Å². The summed E-state index contributed by atoms with van der Waals surface area (Å²) in [5, 5.41) is 0. The van der Waals surface area contributed by atoms with Crippen LogP contribution in [0, 0.1) is 5.92 Å². The van der Waals surface area contributed by atoms with Gasteiger partial charge in [0.15, 0.2) is 0 Å². The number of primary amides is 1. The van der Waals surface area contributed by atoms with E-state index in [4.69, 9.17) is 5.73 Å². The lowest BCUT2D eigenvalue weighted by molar-refractivity contribution is -0.129. The molecule has 0 aliphatic carbocycles. The summed E-state index contributed by atoms with van der Waals surface area (Å²) in [7, 11) is 1.91. The maximum atomic E-state index is 12.5. The van der Waals surface area contributed by atoms with Crippen LogP contribution in [0.5, 0.6) is 0 Å². The molecule has 160 valence electrons. The van der Waals surface area contributed by atoms with E-state index in [1.165, 1.54) is 37.9 Å². The number of nitrogens with zero attached hydrogens (tertiary/aromatic N) is 3. The first kappa shape index (κ1) is 21.8. The number of benzene rings is 1. The molecule has 2 aliphatic heterocycles. The van der Waals surface area contributed by atoms with E-state index in [0.29, 0.717) is 6.42 Å². The summed E-state index contributed by atoms with van der Waals surface area (Å²) < 4.78 is 0. The normalized spacial score (nSPS) is 19.2. The minimum atomic E-state index is -0.167. The summed E-state index contributed by atoms with van der Waals surface area (Å²) in [4.78, 5) is 30.5. The Morgan fingerprint density at radius 2 is 1.59 bits per heavy atom. The standard InChI is InChI=1S/C23H36N4O2/c1-25(15-16-26-11-3-2-4-12-26)22(28)17-19-5-7-20(8-6-19)18-27-13-9-21(10-14-27)23(24)29/h5-8,21H,2-4,9-18H2,1H3,(H2,24,29). The summed E-state index contributed by atoms with van der Waals surface area (Å²) in [5.41, 5.74) is 7.72. The Morgan fingerprint density at radius 1 is 0.966 bits per heavy atom. The highest BCUT2D eigenvalue weighted by Crippen LogP contribution is 2.19. The lowest BCUT2D eigenvalue weighted by atomic mass is 9.96. The molecule has 0 atom stereocenters. The zero-order chi connectivity index (χ0) is 20.6. The molecular weight excluding hydrogens is 364 g/mol. The molecule has 2 fully saturated rings. The van der Waals surface area contributed by atoms with E-state index >= 15 is 0 Å². The predicted molar refractivity (Wildman–Crippen MR) is 115 cm³/mol. The molecule has 29 heavy (non-hydrogen) atoms. The van der Waals surface area contributed by atoms with Crippen LogP contribution in [0.1, 0.15) is 43.2 Å². The van der Waals surface area contributed by atoms with Crippen LogP contribution in [-0.2, 0) is 22.6 Å². The Bertz CT molecular complexity index is 662. The second-order valence-corrected chi connectivity index (χ2v) is 8.66. The van der Waals surface area contributed by atoms with Crippen molar-refractivity contribution in [3.63, 3.8) is 0 Å². The Balaban J connectivity index is 1.40. The highest BCUT2D eigenvalue weighted by atomic mass is 16.2. The van der Waals surface area contributed by atoms with Gasteiger partial charge in [-0.25, -0.2) is 0 Å². The number of likely N-dealkylation sites (N-methyl/N-ethyl adjacent to an activating group) is 1. The summed E-state index contributed by atoms with van der Waals surface area (Å²) in [6.07, 6.45) is 6.07. The van der Waals surface area contributed by atoms with Gasteiger partial charge in [0.2, 0.25) is 11.8 Å². The molecule has 2 heterocycles. The van der Waals surface area contributed by atoms with Gasteiger partial charge < -0.3 is 15.5 Å². The number of hydrogen-bond acceptors (Lipinski definition) is 4. The Labute approximate surface area is 175 Å². The van der Waals surface area contributed by atoms with E-state index in [-0.39, 0.29) is 17.7 Å². The maximum Gasteiger partial charge on any atom is 0.226 e. The van der Waals surface area contributed by atoms with E-state index in [1.807, 2.05) is 11.9 Å². The van der Waals surface area contributed by atoms with Gasteiger partial charge in [0.05, 0.1) is 6.42 Å². The molecule has 2 saturated heterocycles. The number of rotatable bonds is 8. The second kappa shape index (κ2) is 10.7. The molecule has 0 unspecified atom stereocenters. The van der Waals surface area contributed by atoms with Crippen molar-refractivity contribution in [2.24, 2.45) is 11.7 Å². The van der Waals surface area contributed by atoms with E-state index < -0.39 is 0 Å². The van der Waals surface area contributed by atoms with Crippen molar-refractivity contribution in [3.05, 3.63) is 35.4 Å². The quantitative estimate of drug-likeness (QED) is 0.723. The van der Waals surface area contributed by atoms with Crippen LogP contribution in [0.3, 0.4) is 0 Å². The van der Waals surface area contributed by atoms with Crippen LogP contribution >= 0.6 is 0 Å². The van der Waals surface area contributed by atoms with Crippen LogP contribution in [-0.4, -0.2) is 72.8 Å². The van der Waals surface area contributed by atoms with Gasteiger partial charge in [-0.1, -0.05) is 30.7 Å². The topological polar surface area (TPSA) is 69.9 Å². The first-order chi connectivity index (χ1) is 14.0. The molecule has 0 aromatic heterocycles. The molecule has 0 saturated carbocycles. The summed E-state index contributed by atoms with van der Waals surface area (Å²) in [6, 6.07) is 8.39. The minimum Gasteiger partial charge on any atom is -0.369 e. The summed E-state index contributed by atoms with van der Waals surface area (Å²) in [6.45, 7) is 6.83. The predicted octanol–water partition coefficient (Wildman–Crippen LogP) is 1.87. The van der Waals surface area contributed by atoms with Crippen LogP contribution in [0.15, 0.2) is 24.3 Å². The van der Waals surface area contributed by atoms with E-state index in [9.17, 15) is 9.59 Å². The fourth-order valence-corrected chi connectivity index (χ4v) is 4.31. The molecule has 2 N–H and O–H groups in total. The van der Waals surface area contributed by atoms with E-state index in [2.05, 4.69) is 34.1 Å². The van der Waals surface area contributed by atoms with E-state index in [1.54, 1.807) is 0 Å². The first-order valence-electron chi connectivity index (χ1n) is 11.1. The van der Waals surface area contributed by atoms with Crippen molar-refractivity contribution in [1.29, 1.82) is 0 Å². The molecule has 0 radical (unpaired) electrons. The second-order valence-electron chi connectivity index (χ2n) is 8.66. The van der Waals surface area contributed by atoms with Crippen molar-refractivity contribution >= 4 is 11.8 Å². The average molecular weight is 401 g/mol. The molecule has 1 aromatic carbocycles. The molecule has 1 aromatic rings. The van der Waals surface area contributed by atoms with Crippen molar-refractivity contribution in [2.45, 2.75) is 45.1 Å². The van der Waals surface area contributed by atoms with Crippen LogP contribution < -0.4 is 5.73 Å². The lowest BCUT2D eigenvalue weighted by Crippen LogP contribution is -2.39. The third-order valence-corrected chi connectivity index (χ3v) is 6.40. The fourth-order valence-electron chi connectivity index (χ4n) is 4.31. The SMILES string of the molecule is CN(CCN1CCCCC1)C(=O)Cc1ccc(CN2CCC(C(N)=O)CC2)cc1. The molecular formula is C23H36N4O2. The number of nitrogens with two attached hydrogens (primary N) is 1. The van der Waals surface area contributed by atoms with Gasteiger partial charge in [-0.3, -0.25) is 14.5 Å². The summed E-state index contributed by atoms with van der Waals surface area (Å²) >= 11 is 0. The molecule has 2 aliphatic rings. The van der Waals surface area contributed by atoms with Crippen LogP contribution in [0.2, 0.25) is 0 Å². The minimum absolute atomic E-state index is 0.0338. The van der Waals surface area contributed by atoms with Crippen LogP contribution in [0.4, 0.5) is 0 Å². The number of amides is 2. The van der Waals surface area contributed by atoms with Gasteiger partial charge in [0.1, 0.15) is 0 Å². The fraction of sp³-hybridized carbons (Fsp3) is 0.652. The third kappa shape index (κ3) is 6.82. The Kier molecular flexibility index (Phi) is 8.07. The molecule has 6 nitrogen and oxygen atoms in total. The highest BCUT2D eigenvalue weighted by Gasteiger charge is 2.23. The van der Waals surface area contributed by atoms with Gasteiger partial charge >= 0.3 is 0 Å². The smallest absolute Gasteiger partial charge is 0.226 e. The number of hydrogen-bond donors (Lipinski definition) is 1. The zero-order valence-corrected chi connectivity index (χ0v) is 17.8. The van der Waals surface area contributed by atoms with Crippen LogP contribution in [0.25, 0.3) is 0 Å². The van der Waals surface area contributed by atoms with Gasteiger partial charge in [0.25, 0.3) is 0 Å².